The Kier molecular flexibility index (Phi) is 10.4. The van der Waals surface area contributed by atoms with Crippen LogP contribution in [0.4, 0.5) is 0 Å². The second-order valence-electron chi connectivity index (χ2n) is 10.0. The lowest BCUT2D eigenvalue weighted by molar-refractivity contribution is -0.123. The summed E-state index contributed by atoms with van der Waals surface area (Å²) in [6.45, 7) is 12.9. The second kappa shape index (κ2) is 13.7. The monoisotopic (exact) mass is 527 g/mol. The standard InChI is InChI=1S/C22H28N2O2.C11H13NO/c1-6-15(2)22(25)24-17(4)16(3)18-10-12-19(13-11-18)21-20(26-5)9-7-8-14-23-21;1-3-8-4-5-9-7-12(2)11(13)10(9)6-8/h7,9-16H,4,6,8H2,1-3,5H3,(H,24,25);4-6H,3,7H2,1-2H3. The summed E-state index contributed by atoms with van der Waals surface area (Å²) in [6, 6.07) is 14.3. The number of aliphatic imine (C=N–C) groups is 1. The molecule has 6 heteroatoms. The molecule has 6 nitrogen and oxygen atoms in total. The van der Waals surface area contributed by atoms with E-state index in [1.807, 2.05) is 76.5 Å². The van der Waals surface area contributed by atoms with Crippen LogP contribution in [0.2, 0.25) is 0 Å². The van der Waals surface area contributed by atoms with Crippen molar-refractivity contribution in [2.24, 2.45) is 10.9 Å². The van der Waals surface area contributed by atoms with Gasteiger partial charge in [-0.1, -0.05) is 76.7 Å². The van der Waals surface area contributed by atoms with Crippen molar-refractivity contribution in [2.45, 2.75) is 59.4 Å². The SMILES string of the molecule is C=C(NC(=O)C(C)CC)C(C)c1ccc(C2=C(OC)C=CCC=N2)cc1.CCc1ccc2c(c1)C(=O)N(C)C2. The maximum atomic E-state index is 12.1. The van der Waals surface area contributed by atoms with Gasteiger partial charge in [0.2, 0.25) is 5.91 Å². The summed E-state index contributed by atoms with van der Waals surface area (Å²) in [5.74, 6) is 0.956. The normalized spacial score (nSPS) is 15.6. The Labute approximate surface area is 233 Å². The Morgan fingerprint density at radius 2 is 1.87 bits per heavy atom. The van der Waals surface area contributed by atoms with Crippen molar-refractivity contribution in [3.63, 3.8) is 0 Å². The quantitative estimate of drug-likeness (QED) is 0.418. The van der Waals surface area contributed by atoms with Gasteiger partial charge >= 0.3 is 0 Å². The van der Waals surface area contributed by atoms with Gasteiger partial charge in [-0.25, -0.2) is 0 Å². The first kappa shape index (κ1) is 29.6. The number of fused-ring (bicyclic) bond motifs is 1. The average molecular weight is 528 g/mol. The Bertz CT molecular complexity index is 1290. The third kappa shape index (κ3) is 7.34. The number of methoxy groups -OCH3 is 1. The number of aryl methyl sites for hydroxylation is 1. The van der Waals surface area contributed by atoms with Crippen molar-refractivity contribution < 1.29 is 14.3 Å². The van der Waals surface area contributed by atoms with Gasteiger partial charge < -0.3 is 15.0 Å². The van der Waals surface area contributed by atoms with Crippen LogP contribution in [0.25, 0.3) is 5.70 Å². The van der Waals surface area contributed by atoms with Gasteiger partial charge in [-0.05, 0) is 41.7 Å². The largest absolute Gasteiger partial charge is 0.494 e. The van der Waals surface area contributed by atoms with Crippen LogP contribution in [0.5, 0.6) is 0 Å². The molecule has 0 aliphatic carbocycles. The van der Waals surface area contributed by atoms with Crippen LogP contribution in [-0.2, 0) is 22.5 Å². The molecule has 206 valence electrons. The summed E-state index contributed by atoms with van der Waals surface area (Å²) >= 11 is 0. The predicted molar refractivity (Wildman–Crippen MR) is 159 cm³/mol. The van der Waals surface area contributed by atoms with Crippen LogP contribution in [0.1, 0.15) is 79.1 Å². The van der Waals surface area contributed by atoms with Gasteiger partial charge in [-0.15, -0.1) is 0 Å². The van der Waals surface area contributed by atoms with Crippen molar-refractivity contribution in [3.05, 3.63) is 100 Å². The summed E-state index contributed by atoms with van der Waals surface area (Å²) in [5.41, 5.74) is 6.92. The maximum absolute atomic E-state index is 12.1. The van der Waals surface area contributed by atoms with Gasteiger partial charge in [0.15, 0.2) is 0 Å². The third-order valence-electron chi connectivity index (χ3n) is 7.30. The summed E-state index contributed by atoms with van der Waals surface area (Å²) in [5, 5.41) is 2.94. The minimum atomic E-state index is -0.0121. The molecule has 0 spiro atoms. The van der Waals surface area contributed by atoms with Crippen LogP contribution < -0.4 is 5.32 Å². The molecule has 39 heavy (non-hydrogen) atoms. The minimum Gasteiger partial charge on any atom is -0.494 e. The van der Waals surface area contributed by atoms with Crippen molar-refractivity contribution in [2.75, 3.05) is 14.2 Å². The van der Waals surface area contributed by atoms with E-state index in [1.165, 1.54) is 5.56 Å². The Morgan fingerprint density at radius 3 is 2.51 bits per heavy atom. The molecule has 1 N–H and O–H groups in total. The second-order valence-corrected chi connectivity index (χ2v) is 10.0. The average Bonchev–Trinajstić information content (AvgIpc) is 3.11. The van der Waals surface area contributed by atoms with Crippen molar-refractivity contribution >= 4 is 23.7 Å². The highest BCUT2D eigenvalue weighted by atomic mass is 16.5. The molecule has 0 saturated carbocycles. The fourth-order valence-corrected chi connectivity index (χ4v) is 4.32. The molecule has 0 radical (unpaired) electrons. The molecule has 0 aromatic heterocycles. The van der Waals surface area contributed by atoms with Gasteiger partial charge in [0.05, 0.1) is 7.11 Å². The number of carbonyl (C=O) groups excluding carboxylic acids is 2. The molecule has 0 saturated heterocycles. The van der Waals surface area contributed by atoms with Gasteiger partial charge in [-0.3, -0.25) is 14.6 Å². The number of hydrogen-bond acceptors (Lipinski definition) is 4. The summed E-state index contributed by atoms with van der Waals surface area (Å²) < 4.78 is 5.45. The fraction of sp³-hybridized carbons (Fsp3) is 0.364. The zero-order chi connectivity index (χ0) is 28.5. The van der Waals surface area contributed by atoms with Crippen LogP contribution in [0, 0.1) is 5.92 Å². The van der Waals surface area contributed by atoms with E-state index in [0.717, 1.165) is 65.2 Å². The molecule has 2 atom stereocenters. The number of nitrogens with one attached hydrogen (secondary N) is 1. The molecule has 2 amide bonds. The zero-order valence-corrected chi connectivity index (χ0v) is 24.1. The molecule has 2 aliphatic rings. The molecular formula is C33H41N3O3. The molecule has 2 aromatic carbocycles. The summed E-state index contributed by atoms with van der Waals surface area (Å²) in [4.78, 5) is 29.9. The van der Waals surface area contributed by atoms with Crippen LogP contribution in [0.15, 0.2) is 77.6 Å². The Hall–Kier alpha value is -3.93. The van der Waals surface area contributed by atoms with Gasteiger partial charge in [-0.2, -0.15) is 0 Å². The van der Waals surface area contributed by atoms with Crippen LogP contribution in [-0.4, -0.2) is 37.1 Å². The summed E-state index contributed by atoms with van der Waals surface area (Å²) in [7, 11) is 3.49. The molecule has 2 unspecified atom stereocenters. The highest BCUT2D eigenvalue weighted by Crippen LogP contribution is 2.27. The van der Waals surface area contributed by atoms with Crippen molar-refractivity contribution in [1.82, 2.24) is 10.2 Å². The first-order chi connectivity index (χ1) is 18.7. The first-order valence-electron chi connectivity index (χ1n) is 13.6. The number of rotatable bonds is 8. The predicted octanol–water partition coefficient (Wildman–Crippen LogP) is 6.65. The summed E-state index contributed by atoms with van der Waals surface area (Å²) in [6.07, 6.45) is 8.45. The van der Waals surface area contributed by atoms with Crippen molar-refractivity contribution in [1.29, 1.82) is 0 Å². The Balaban J connectivity index is 0.000000268. The van der Waals surface area contributed by atoms with Crippen LogP contribution in [0.3, 0.4) is 0 Å². The lowest BCUT2D eigenvalue weighted by Crippen LogP contribution is -2.29. The minimum absolute atomic E-state index is 0.0121. The number of ether oxygens (including phenoxy) is 1. The van der Waals surface area contributed by atoms with E-state index in [4.69, 9.17) is 4.74 Å². The maximum Gasteiger partial charge on any atom is 0.254 e. The molecule has 0 fully saturated rings. The van der Waals surface area contributed by atoms with E-state index in [-0.39, 0.29) is 23.7 Å². The molecular weight excluding hydrogens is 486 g/mol. The smallest absolute Gasteiger partial charge is 0.254 e. The molecule has 2 aliphatic heterocycles. The highest BCUT2D eigenvalue weighted by molar-refractivity contribution is 5.98. The molecule has 0 bridgehead atoms. The number of amides is 2. The lowest BCUT2D eigenvalue weighted by atomic mass is 9.96. The number of carbonyl (C=O) groups is 2. The van der Waals surface area contributed by atoms with Crippen molar-refractivity contribution in [3.8, 4) is 0 Å². The van der Waals surface area contributed by atoms with Gasteiger partial charge in [0, 0.05) is 54.9 Å². The third-order valence-corrected chi connectivity index (χ3v) is 7.30. The van der Waals surface area contributed by atoms with E-state index >= 15 is 0 Å². The van der Waals surface area contributed by atoms with E-state index in [2.05, 4.69) is 35.9 Å². The Morgan fingerprint density at radius 1 is 1.15 bits per heavy atom. The number of benzene rings is 2. The number of hydrogen-bond donors (Lipinski definition) is 1. The van der Waals surface area contributed by atoms with E-state index in [1.54, 1.807) is 12.0 Å². The molecule has 2 heterocycles. The van der Waals surface area contributed by atoms with Crippen LogP contribution >= 0.6 is 0 Å². The fourth-order valence-electron chi connectivity index (χ4n) is 4.32. The molecule has 2 aromatic rings. The van der Waals surface area contributed by atoms with E-state index < -0.39 is 0 Å². The lowest BCUT2D eigenvalue weighted by Gasteiger charge is -2.19. The van der Waals surface area contributed by atoms with E-state index in [9.17, 15) is 9.59 Å². The van der Waals surface area contributed by atoms with Gasteiger partial charge in [0.1, 0.15) is 11.5 Å². The number of allylic oxidation sites excluding steroid dienone is 3. The topological polar surface area (TPSA) is 71.0 Å². The number of nitrogens with zero attached hydrogens (tertiary/aromatic N) is 2. The first-order valence-corrected chi connectivity index (χ1v) is 13.6. The van der Waals surface area contributed by atoms with E-state index in [0.29, 0.717) is 0 Å². The highest BCUT2D eigenvalue weighted by Gasteiger charge is 2.23. The molecule has 4 rings (SSSR count). The zero-order valence-electron chi connectivity index (χ0n) is 24.1. The van der Waals surface area contributed by atoms with Gasteiger partial charge in [0.25, 0.3) is 5.91 Å².